The summed E-state index contributed by atoms with van der Waals surface area (Å²) in [7, 11) is 0. The van der Waals surface area contributed by atoms with Gasteiger partial charge in [-0.1, -0.05) is 30.3 Å². The number of amides is 1. The lowest BCUT2D eigenvalue weighted by Crippen LogP contribution is -2.10. The molecule has 4 heteroatoms. The monoisotopic (exact) mass is 283 g/mol. The van der Waals surface area contributed by atoms with E-state index in [1.165, 1.54) is 0 Å². The van der Waals surface area contributed by atoms with Gasteiger partial charge in [0.2, 0.25) is 5.91 Å². The van der Waals surface area contributed by atoms with E-state index in [0.717, 1.165) is 5.56 Å². The summed E-state index contributed by atoms with van der Waals surface area (Å²) in [6, 6.07) is 15.8. The first kappa shape index (κ1) is 14.8. The second-order valence-electron chi connectivity index (χ2n) is 4.63. The molecular weight excluding hydrogens is 266 g/mol. The number of Topliss-reactive ketones (excluding diaryl/α,β-unsaturated/α-hetero) is 1. The predicted octanol–water partition coefficient (Wildman–Crippen LogP) is 2.83. The van der Waals surface area contributed by atoms with Crippen LogP contribution < -0.4 is 10.5 Å². The number of benzene rings is 2. The largest absolute Gasteiger partial charge is 0.494 e. The molecule has 2 rings (SSSR count). The molecule has 0 unspecified atom stereocenters. The number of carbonyl (C=O) groups is 2. The van der Waals surface area contributed by atoms with Crippen molar-refractivity contribution in [3.8, 4) is 5.75 Å². The lowest BCUT2D eigenvalue weighted by molar-refractivity contribution is 0.0970. The molecule has 2 N–H and O–H groups in total. The summed E-state index contributed by atoms with van der Waals surface area (Å²) in [6.45, 7) is 0.453. The molecule has 0 aromatic heterocycles. The molecule has 0 saturated carbocycles. The summed E-state index contributed by atoms with van der Waals surface area (Å²) in [5.41, 5.74) is 6.33. The second-order valence-corrected chi connectivity index (χ2v) is 4.63. The third-order valence-electron chi connectivity index (χ3n) is 3.05. The van der Waals surface area contributed by atoms with E-state index in [1.807, 2.05) is 30.3 Å². The van der Waals surface area contributed by atoms with Gasteiger partial charge in [-0.25, -0.2) is 0 Å². The fraction of sp³-hybridized carbons (Fsp3) is 0.176. The lowest BCUT2D eigenvalue weighted by atomic mass is 10.1. The molecule has 0 bridgehead atoms. The number of hydrogen-bond acceptors (Lipinski definition) is 3. The SMILES string of the molecule is NC(=O)c1ccc(OCCCC(=O)c2ccccc2)cc1. The molecule has 1 amide bonds. The van der Waals surface area contributed by atoms with Crippen LogP contribution in [0.15, 0.2) is 54.6 Å². The first-order valence-electron chi connectivity index (χ1n) is 6.78. The Hall–Kier alpha value is -2.62. The molecule has 21 heavy (non-hydrogen) atoms. The van der Waals surface area contributed by atoms with Crippen molar-refractivity contribution >= 4 is 11.7 Å². The Morgan fingerprint density at radius 1 is 0.905 bits per heavy atom. The van der Waals surface area contributed by atoms with Crippen LogP contribution in [-0.2, 0) is 0 Å². The lowest BCUT2D eigenvalue weighted by Gasteiger charge is -2.06. The number of carbonyl (C=O) groups excluding carboxylic acids is 2. The minimum absolute atomic E-state index is 0.114. The van der Waals surface area contributed by atoms with Crippen LogP contribution in [0, 0.1) is 0 Å². The highest BCUT2D eigenvalue weighted by Crippen LogP contribution is 2.13. The van der Waals surface area contributed by atoms with Crippen molar-refractivity contribution < 1.29 is 14.3 Å². The van der Waals surface area contributed by atoms with Gasteiger partial charge in [-0.3, -0.25) is 9.59 Å². The Balaban J connectivity index is 1.75. The van der Waals surface area contributed by atoms with Gasteiger partial charge in [-0.15, -0.1) is 0 Å². The minimum atomic E-state index is -0.463. The highest BCUT2D eigenvalue weighted by molar-refractivity contribution is 5.96. The highest BCUT2D eigenvalue weighted by atomic mass is 16.5. The van der Waals surface area contributed by atoms with E-state index in [-0.39, 0.29) is 5.78 Å². The Kier molecular flexibility index (Phi) is 5.10. The Morgan fingerprint density at radius 3 is 2.19 bits per heavy atom. The first-order valence-corrected chi connectivity index (χ1v) is 6.78. The zero-order valence-electron chi connectivity index (χ0n) is 11.6. The normalized spacial score (nSPS) is 10.1. The van der Waals surface area contributed by atoms with Crippen molar-refractivity contribution in [2.24, 2.45) is 5.73 Å². The number of ketones is 1. The van der Waals surface area contributed by atoms with E-state index in [0.29, 0.717) is 30.8 Å². The van der Waals surface area contributed by atoms with Gasteiger partial charge in [0.15, 0.2) is 5.78 Å². The van der Waals surface area contributed by atoms with Crippen LogP contribution in [0.25, 0.3) is 0 Å². The molecule has 0 fully saturated rings. The summed E-state index contributed by atoms with van der Waals surface area (Å²) >= 11 is 0. The highest BCUT2D eigenvalue weighted by Gasteiger charge is 2.05. The number of nitrogens with two attached hydrogens (primary N) is 1. The number of rotatable bonds is 7. The average molecular weight is 283 g/mol. The zero-order chi connectivity index (χ0) is 15.1. The molecule has 0 aliphatic rings. The summed E-state index contributed by atoms with van der Waals surface area (Å²) in [5.74, 6) is 0.311. The van der Waals surface area contributed by atoms with Gasteiger partial charge in [-0.2, -0.15) is 0 Å². The summed E-state index contributed by atoms with van der Waals surface area (Å²) in [6.07, 6.45) is 1.09. The second kappa shape index (κ2) is 7.24. The topological polar surface area (TPSA) is 69.4 Å². The van der Waals surface area contributed by atoms with Crippen molar-refractivity contribution in [2.75, 3.05) is 6.61 Å². The molecule has 108 valence electrons. The molecule has 0 spiro atoms. The van der Waals surface area contributed by atoms with E-state index in [9.17, 15) is 9.59 Å². The van der Waals surface area contributed by atoms with Crippen molar-refractivity contribution in [3.05, 3.63) is 65.7 Å². The van der Waals surface area contributed by atoms with Crippen LogP contribution >= 0.6 is 0 Å². The fourth-order valence-electron chi connectivity index (χ4n) is 1.91. The van der Waals surface area contributed by atoms with E-state index >= 15 is 0 Å². The number of primary amides is 1. The Labute approximate surface area is 123 Å². The van der Waals surface area contributed by atoms with E-state index in [4.69, 9.17) is 10.5 Å². The van der Waals surface area contributed by atoms with E-state index in [1.54, 1.807) is 24.3 Å². The molecule has 4 nitrogen and oxygen atoms in total. The molecule has 0 saturated heterocycles. The van der Waals surface area contributed by atoms with Crippen LogP contribution in [0.2, 0.25) is 0 Å². The van der Waals surface area contributed by atoms with Crippen molar-refractivity contribution in [3.63, 3.8) is 0 Å². The Bertz CT molecular complexity index is 606. The van der Waals surface area contributed by atoms with Gasteiger partial charge >= 0.3 is 0 Å². The van der Waals surface area contributed by atoms with Gasteiger partial charge in [0.05, 0.1) is 6.61 Å². The van der Waals surface area contributed by atoms with Gasteiger partial charge < -0.3 is 10.5 Å². The maximum absolute atomic E-state index is 11.9. The first-order chi connectivity index (χ1) is 10.2. The van der Waals surface area contributed by atoms with Gasteiger partial charge in [0, 0.05) is 17.5 Å². The van der Waals surface area contributed by atoms with Crippen molar-refractivity contribution in [2.45, 2.75) is 12.8 Å². The molecule has 0 aliphatic carbocycles. The summed E-state index contributed by atoms with van der Waals surface area (Å²) in [5, 5.41) is 0. The molecule has 2 aromatic carbocycles. The van der Waals surface area contributed by atoms with Crippen LogP contribution in [0.5, 0.6) is 5.75 Å². The Morgan fingerprint density at radius 2 is 1.57 bits per heavy atom. The minimum Gasteiger partial charge on any atom is -0.494 e. The predicted molar refractivity (Wildman–Crippen MR) is 80.5 cm³/mol. The molecule has 0 aliphatic heterocycles. The van der Waals surface area contributed by atoms with Crippen molar-refractivity contribution in [1.82, 2.24) is 0 Å². The van der Waals surface area contributed by atoms with E-state index < -0.39 is 5.91 Å². The molecule has 2 aromatic rings. The van der Waals surface area contributed by atoms with Gasteiger partial charge in [0.25, 0.3) is 0 Å². The molecule has 0 radical (unpaired) electrons. The fourth-order valence-corrected chi connectivity index (χ4v) is 1.91. The molecule has 0 atom stereocenters. The summed E-state index contributed by atoms with van der Waals surface area (Å²) in [4.78, 5) is 22.8. The average Bonchev–Trinajstić information content (AvgIpc) is 2.52. The maximum atomic E-state index is 11.9. The van der Waals surface area contributed by atoms with Gasteiger partial charge in [0.1, 0.15) is 5.75 Å². The third-order valence-corrected chi connectivity index (χ3v) is 3.05. The molecule has 0 heterocycles. The maximum Gasteiger partial charge on any atom is 0.248 e. The molecular formula is C17H17NO3. The smallest absolute Gasteiger partial charge is 0.248 e. The van der Waals surface area contributed by atoms with Crippen LogP contribution in [-0.4, -0.2) is 18.3 Å². The zero-order valence-corrected chi connectivity index (χ0v) is 11.6. The third kappa shape index (κ3) is 4.45. The number of ether oxygens (including phenoxy) is 1. The summed E-state index contributed by atoms with van der Waals surface area (Å²) < 4.78 is 5.52. The quantitative estimate of drug-likeness (QED) is 0.627. The van der Waals surface area contributed by atoms with Gasteiger partial charge in [-0.05, 0) is 30.7 Å². The standard InChI is InChI=1S/C17H17NO3/c18-17(20)14-8-10-15(11-9-14)21-12-4-7-16(19)13-5-2-1-3-6-13/h1-3,5-6,8-11H,4,7,12H2,(H2,18,20). The van der Waals surface area contributed by atoms with Crippen LogP contribution in [0.3, 0.4) is 0 Å². The number of hydrogen-bond donors (Lipinski definition) is 1. The van der Waals surface area contributed by atoms with Crippen LogP contribution in [0.1, 0.15) is 33.6 Å². The van der Waals surface area contributed by atoms with Crippen molar-refractivity contribution in [1.29, 1.82) is 0 Å². The van der Waals surface area contributed by atoms with E-state index in [2.05, 4.69) is 0 Å². The van der Waals surface area contributed by atoms with Crippen LogP contribution in [0.4, 0.5) is 0 Å².